The van der Waals surface area contributed by atoms with Gasteiger partial charge in [0.1, 0.15) is 6.54 Å². The van der Waals surface area contributed by atoms with Gasteiger partial charge in [0.25, 0.3) is 0 Å². The van der Waals surface area contributed by atoms with Gasteiger partial charge in [-0.3, -0.25) is 19.7 Å². The lowest BCUT2D eigenvalue weighted by molar-refractivity contribution is -0.117. The molecule has 2 heterocycles. The second-order valence-electron chi connectivity index (χ2n) is 3.71. The van der Waals surface area contributed by atoms with Crippen LogP contribution in [0.5, 0.6) is 0 Å². The first kappa shape index (κ1) is 9.70. The SMILES string of the molecule is CC(C)n1cc(N2CC(=O)NC2=O)cn1. The number of imide groups is 1. The highest BCUT2D eigenvalue weighted by molar-refractivity contribution is 6.12. The quantitative estimate of drug-likeness (QED) is 0.720. The Morgan fingerprint density at radius 3 is 2.67 bits per heavy atom. The number of anilines is 1. The van der Waals surface area contributed by atoms with Crippen molar-refractivity contribution < 1.29 is 9.59 Å². The normalized spacial score (nSPS) is 16.3. The zero-order valence-corrected chi connectivity index (χ0v) is 8.60. The third-order valence-corrected chi connectivity index (χ3v) is 2.22. The predicted octanol–water partition coefficient (Wildman–Crippen LogP) is 0.520. The van der Waals surface area contributed by atoms with Crippen LogP contribution >= 0.6 is 0 Å². The molecule has 80 valence electrons. The molecule has 0 saturated carbocycles. The maximum absolute atomic E-state index is 11.3. The monoisotopic (exact) mass is 208 g/mol. The first-order chi connectivity index (χ1) is 7.08. The summed E-state index contributed by atoms with van der Waals surface area (Å²) >= 11 is 0. The van der Waals surface area contributed by atoms with Crippen LogP contribution in [0.1, 0.15) is 19.9 Å². The van der Waals surface area contributed by atoms with E-state index in [2.05, 4.69) is 10.4 Å². The second kappa shape index (κ2) is 3.38. The van der Waals surface area contributed by atoms with Gasteiger partial charge in [0, 0.05) is 12.2 Å². The van der Waals surface area contributed by atoms with Crippen molar-refractivity contribution in [3.05, 3.63) is 12.4 Å². The average molecular weight is 208 g/mol. The summed E-state index contributed by atoms with van der Waals surface area (Å²) in [4.78, 5) is 23.7. The van der Waals surface area contributed by atoms with Crippen LogP contribution in [0.25, 0.3) is 0 Å². The van der Waals surface area contributed by atoms with Gasteiger partial charge in [-0.25, -0.2) is 4.79 Å². The number of nitrogens with zero attached hydrogens (tertiary/aromatic N) is 3. The van der Waals surface area contributed by atoms with Crippen LogP contribution in [-0.2, 0) is 4.79 Å². The third kappa shape index (κ3) is 1.70. The van der Waals surface area contributed by atoms with E-state index in [1.54, 1.807) is 17.1 Å². The van der Waals surface area contributed by atoms with Gasteiger partial charge in [0.2, 0.25) is 5.91 Å². The summed E-state index contributed by atoms with van der Waals surface area (Å²) in [5, 5.41) is 6.32. The second-order valence-corrected chi connectivity index (χ2v) is 3.71. The summed E-state index contributed by atoms with van der Waals surface area (Å²) in [5.41, 5.74) is 0.645. The van der Waals surface area contributed by atoms with Crippen molar-refractivity contribution in [1.29, 1.82) is 0 Å². The molecule has 0 aromatic carbocycles. The summed E-state index contributed by atoms with van der Waals surface area (Å²) in [6, 6.07) is -0.150. The van der Waals surface area contributed by atoms with Crippen molar-refractivity contribution in [2.45, 2.75) is 19.9 Å². The van der Waals surface area contributed by atoms with Crippen LogP contribution < -0.4 is 10.2 Å². The molecule has 1 N–H and O–H groups in total. The maximum atomic E-state index is 11.3. The van der Waals surface area contributed by atoms with E-state index >= 15 is 0 Å². The molecule has 0 atom stereocenters. The van der Waals surface area contributed by atoms with Gasteiger partial charge in [-0.15, -0.1) is 0 Å². The molecule has 1 aliphatic heterocycles. The van der Waals surface area contributed by atoms with Crippen molar-refractivity contribution in [2.75, 3.05) is 11.4 Å². The van der Waals surface area contributed by atoms with Crippen molar-refractivity contribution in [3.63, 3.8) is 0 Å². The summed E-state index contributed by atoms with van der Waals surface area (Å²) in [5.74, 6) is -0.280. The molecular weight excluding hydrogens is 196 g/mol. The van der Waals surface area contributed by atoms with Crippen molar-refractivity contribution in [3.8, 4) is 0 Å². The van der Waals surface area contributed by atoms with Crippen LogP contribution in [0.4, 0.5) is 10.5 Å². The minimum absolute atomic E-state index is 0.0720. The molecule has 2 rings (SSSR count). The Bertz CT molecular complexity index is 410. The van der Waals surface area contributed by atoms with Crippen molar-refractivity contribution >= 4 is 17.6 Å². The van der Waals surface area contributed by atoms with Crippen molar-refractivity contribution in [2.24, 2.45) is 0 Å². The maximum Gasteiger partial charge on any atom is 0.329 e. The first-order valence-electron chi connectivity index (χ1n) is 4.73. The Hall–Kier alpha value is -1.85. The molecule has 0 radical (unpaired) electrons. The van der Waals surface area contributed by atoms with E-state index in [-0.39, 0.29) is 24.5 Å². The Labute approximate surface area is 86.9 Å². The van der Waals surface area contributed by atoms with E-state index in [1.807, 2.05) is 13.8 Å². The highest BCUT2D eigenvalue weighted by Gasteiger charge is 2.28. The van der Waals surface area contributed by atoms with Gasteiger partial charge in [-0.1, -0.05) is 0 Å². The molecule has 0 unspecified atom stereocenters. The molecular formula is C9H12N4O2. The molecule has 15 heavy (non-hydrogen) atoms. The molecule has 0 spiro atoms. The summed E-state index contributed by atoms with van der Waals surface area (Å²) < 4.78 is 1.74. The molecule has 3 amide bonds. The van der Waals surface area contributed by atoms with Gasteiger partial charge in [0.05, 0.1) is 11.9 Å². The van der Waals surface area contributed by atoms with Crippen LogP contribution in [-0.4, -0.2) is 28.3 Å². The number of carbonyl (C=O) groups excluding carboxylic acids is 2. The van der Waals surface area contributed by atoms with E-state index in [9.17, 15) is 9.59 Å². The topological polar surface area (TPSA) is 67.2 Å². The molecule has 1 aromatic rings. The standard InChI is InChI=1S/C9H12N4O2/c1-6(2)13-4-7(3-10-13)12-5-8(14)11-9(12)15/h3-4,6H,5H2,1-2H3,(H,11,14,15). The first-order valence-corrected chi connectivity index (χ1v) is 4.73. The Morgan fingerprint density at radius 2 is 2.20 bits per heavy atom. The lowest BCUT2D eigenvalue weighted by Gasteiger charge is -2.09. The van der Waals surface area contributed by atoms with E-state index in [1.165, 1.54) is 4.90 Å². The molecule has 0 aliphatic carbocycles. The summed E-state index contributed by atoms with van der Waals surface area (Å²) in [7, 11) is 0. The molecule has 1 saturated heterocycles. The fourth-order valence-corrected chi connectivity index (χ4v) is 1.40. The van der Waals surface area contributed by atoms with E-state index in [0.29, 0.717) is 5.69 Å². The fraction of sp³-hybridized carbons (Fsp3) is 0.444. The number of rotatable bonds is 2. The molecule has 1 aliphatic rings. The molecule has 1 fully saturated rings. The zero-order chi connectivity index (χ0) is 11.0. The largest absolute Gasteiger partial charge is 0.329 e. The zero-order valence-electron chi connectivity index (χ0n) is 8.60. The van der Waals surface area contributed by atoms with Gasteiger partial charge in [-0.05, 0) is 13.8 Å². The van der Waals surface area contributed by atoms with E-state index in [0.717, 1.165) is 0 Å². The lowest BCUT2D eigenvalue weighted by Crippen LogP contribution is -2.27. The number of nitrogens with one attached hydrogen (secondary N) is 1. The van der Waals surface area contributed by atoms with Gasteiger partial charge in [-0.2, -0.15) is 5.10 Å². The smallest absolute Gasteiger partial charge is 0.282 e. The number of carbonyl (C=O) groups is 2. The van der Waals surface area contributed by atoms with Crippen LogP contribution in [0.3, 0.4) is 0 Å². The average Bonchev–Trinajstić information content (AvgIpc) is 2.71. The molecule has 6 nitrogen and oxygen atoms in total. The summed E-state index contributed by atoms with van der Waals surface area (Å²) in [6.07, 6.45) is 3.33. The van der Waals surface area contributed by atoms with Gasteiger partial charge < -0.3 is 0 Å². The fourth-order valence-electron chi connectivity index (χ4n) is 1.40. The Balaban J connectivity index is 2.23. The lowest BCUT2D eigenvalue weighted by atomic mass is 10.4. The molecule has 0 bridgehead atoms. The van der Waals surface area contributed by atoms with Gasteiger partial charge in [0.15, 0.2) is 0 Å². The number of hydrogen-bond donors (Lipinski definition) is 1. The number of hydrogen-bond acceptors (Lipinski definition) is 3. The highest BCUT2D eigenvalue weighted by Crippen LogP contribution is 2.17. The minimum Gasteiger partial charge on any atom is -0.282 e. The highest BCUT2D eigenvalue weighted by atomic mass is 16.2. The van der Waals surface area contributed by atoms with Crippen LogP contribution in [0.2, 0.25) is 0 Å². The number of urea groups is 1. The number of amides is 3. The number of aromatic nitrogens is 2. The van der Waals surface area contributed by atoms with Crippen molar-refractivity contribution in [1.82, 2.24) is 15.1 Å². The van der Waals surface area contributed by atoms with Crippen LogP contribution in [0, 0.1) is 0 Å². The third-order valence-electron chi connectivity index (χ3n) is 2.22. The Morgan fingerprint density at radius 1 is 1.47 bits per heavy atom. The predicted molar refractivity (Wildman–Crippen MR) is 53.5 cm³/mol. The minimum atomic E-state index is -0.386. The van der Waals surface area contributed by atoms with E-state index in [4.69, 9.17) is 0 Å². The van der Waals surface area contributed by atoms with Gasteiger partial charge >= 0.3 is 6.03 Å². The summed E-state index contributed by atoms with van der Waals surface area (Å²) in [6.45, 7) is 4.06. The Kier molecular flexibility index (Phi) is 2.18. The molecule has 1 aromatic heterocycles. The molecule has 6 heteroatoms. The van der Waals surface area contributed by atoms with Crippen LogP contribution in [0.15, 0.2) is 12.4 Å². The van der Waals surface area contributed by atoms with E-state index < -0.39 is 0 Å².